The van der Waals surface area contributed by atoms with Gasteiger partial charge in [0.05, 0.1) is 44.1 Å². The Kier molecular flexibility index (Phi) is 16.8. The molecule has 0 fully saturated rings. The zero-order valence-electron chi connectivity index (χ0n) is 24.4. The third-order valence-electron chi connectivity index (χ3n) is 5.66. The average Bonchev–Trinajstić information content (AvgIpc) is 3.62. The number of nitrogens with two attached hydrogens (primary N) is 1. The number of thioether (sulfide) groups is 1. The normalized spacial score (nSPS) is 11.4. The number of anilines is 1. The molecule has 1 aliphatic heterocycles. The summed E-state index contributed by atoms with van der Waals surface area (Å²) in [6.07, 6.45) is 2.17. The van der Waals surface area contributed by atoms with Crippen molar-refractivity contribution in [3.63, 3.8) is 0 Å². The zero-order valence-corrected chi connectivity index (χ0v) is 33.4. The van der Waals surface area contributed by atoms with Crippen LogP contribution in [-0.2, 0) is 11.2 Å². The van der Waals surface area contributed by atoms with Gasteiger partial charge in [-0.3, -0.25) is 11.1 Å². The average molecular weight is 1010 g/mol. The van der Waals surface area contributed by atoms with Crippen LogP contribution in [0.4, 0.5) is 5.13 Å². The summed E-state index contributed by atoms with van der Waals surface area (Å²) in [5.74, 6) is -1.32. The van der Waals surface area contributed by atoms with E-state index in [1.165, 1.54) is 54.0 Å². The number of amides is 1. The molecule has 0 unspecified atom stereocenters. The second-order valence-electron chi connectivity index (χ2n) is 8.90. The molecule has 5 aromatic rings. The summed E-state index contributed by atoms with van der Waals surface area (Å²) < 4.78 is 3.19. The Morgan fingerprint density at radius 3 is 2.13 bits per heavy atom. The summed E-state index contributed by atoms with van der Waals surface area (Å²) in [4.78, 5) is 40.7. The molecule has 3 N–H and O–H groups in total. The van der Waals surface area contributed by atoms with Gasteiger partial charge in [-0.1, -0.05) is 67.1 Å². The van der Waals surface area contributed by atoms with Crippen LogP contribution in [0.1, 0.15) is 44.3 Å². The molecular formula is C33H22Br2N5O4S2U-. The molecule has 0 saturated heterocycles. The predicted octanol–water partition coefficient (Wildman–Crippen LogP) is 8.22. The van der Waals surface area contributed by atoms with Crippen molar-refractivity contribution < 1.29 is 50.6 Å². The van der Waals surface area contributed by atoms with Gasteiger partial charge in [-0.2, -0.15) is 17.4 Å². The number of hydrogen-bond acceptors (Lipinski definition) is 9. The van der Waals surface area contributed by atoms with Crippen molar-refractivity contribution in [1.29, 1.82) is 10.5 Å². The molecule has 0 spiro atoms. The molecule has 0 aliphatic carbocycles. The molecule has 2 heterocycles. The van der Waals surface area contributed by atoms with Crippen LogP contribution in [0, 0.1) is 53.8 Å². The van der Waals surface area contributed by atoms with Crippen LogP contribution >= 0.6 is 55.0 Å². The number of fused-ring (bicyclic) bond motifs is 2. The van der Waals surface area contributed by atoms with Gasteiger partial charge in [0, 0.05) is 56.9 Å². The Labute approximate surface area is 319 Å². The number of hydrogen-bond donors (Lipinski definition) is 2. The number of nitrogens with zero attached hydrogens (tertiary/aromatic N) is 4. The van der Waals surface area contributed by atoms with Gasteiger partial charge < -0.3 is 15.6 Å². The topological polar surface area (TPSA) is 170 Å². The monoisotopic (exact) mass is 1010 g/mol. The first-order valence-electron chi connectivity index (χ1n) is 13.0. The van der Waals surface area contributed by atoms with Crippen molar-refractivity contribution in [3.05, 3.63) is 122 Å². The summed E-state index contributed by atoms with van der Waals surface area (Å²) in [6.45, 7) is 1.32. The molecular weight excluding hydrogens is 992 g/mol. The first kappa shape index (κ1) is 39.6. The van der Waals surface area contributed by atoms with Crippen molar-refractivity contribution in [1.82, 2.24) is 4.98 Å². The predicted molar refractivity (Wildman–Crippen MR) is 188 cm³/mol. The fourth-order valence-electron chi connectivity index (χ4n) is 3.71. The number of halogens is 2. The number of carboxylic acid groups (broad SMARTS) is 1. The van der Waals surface area contributed by atoms with Crippen LogP contribution < -0.4 is 5.73 Å². The minimum Gasteiger partial charge on any atom is -0.542 e. The first-order valence-corrected chi connectivity index (χ1v) is 16.2. The number of nitrogen functional groups attached to an aromatic ring is 1. The third-order valence-corrected chi connectivity index (χ3v) is 8.60. The Balaban J connectivity index is 0.000000251. The van der Waals surface area contributed by atoms with Crippen molar-refractivity contribution >= 4 is 93.5 Å². The van der Waals surface area contributed by atoms with Crippen LogP contribution in [0.3, 0.4) is 0 Å². The van der Waals surface area contributed by atoms with Crippen molar-refractivity contribution in [2.45, 2.75) is 18.2 Å². The second kappa shape index (κ2) is 19.9. The van der Waals surface area contributed by atoms with Crippen LogP contribution in [0.2, 0.25) is 0 Å². The van der Waals surface area contributed by atoms with Crippen molar-refractivity contribution in [2.24, 2.45) is 4.99 Å². The smallest absolute Gasteiger partial charge is 0.335 e. The molecule has 4 aromatic carbocycles. The number of aliphatic imine (C=N–C) groups is 1. The van der Waals surface area contributed by atoms with E-state index in [1.54, 1.807) is 36.4 Å². The van der Waals surface area contributed by atoms with Crippen LogP contribution in [0.25, 0.3) is 10.2 Å². The fraction of sp³-hybridized carbons (Fsp3) is 0.0606. The number of nitriles is 2. The molecule has 0 radical (unpaired) electrons. The van der Waals surface area contributed by atoms with Gasteiger partial charge in [0.25, 0.3) is 5.91 Å². The molecule has 0 atom stereocenters. The minimum absolute atomic E-state index is 0. The van der Waals surface area contributed by atoms with Crippen molar-refractivity contribution in [2.75, 3.05) is 5.73 Å². The number of thiazole rings is 1. The summed E-state index contributed by atoms with van der Waals surface area (Å²) in [5, 5.41) is 27.2. The first-order chi connectivity index (χ1) is 22.1. The summed E-state index contributed by atoms with van der Waals surface area (Å²) >= 11 is 9.83. The Morgan fingerprint density at radius 1 is 0.936 bits per heavy atom. The largest absolute Gasteiger partial charge is 0.542 e. The van der Waals surface area contributed by atoms with E-state index >= 15 is 0 Å². The number of carbonyl (C=O) groups is 2. The van der Waals surface area contributed by atoms with E-state index in [0.29, 0.717) is 28.2 Å². The van der Waals surface area contributed by atoms with Gasteiger partial charge in [-0.15, -0.1) is 0 Å². The van der Waals surface area contributed by atoms with Gasteiger partial charge in [0.1, 0.15) is 0 Å². The molecule has 1 aromatic heterocycles. The summed E-state index contributed by atoms with van der Waals surface area (Å²) in [5.41, 5.74) is 9.08. The Hall–Kier alpha value is -3.61. The van der Waals surface area contributed by atoms with Crippen LogP contribution in [-0.4, -0.2) is 33.3 Å². The number of rotatable bonds is 2. The van der Waals surface area contributed by atoms with E-state index in [1.807, 2.05) is 48.5 Å². The van der Waals surface area contributed by atoms with Gasteiger partial charge in [0.2, 0.25) is 0 Å². The van der Waals surface area contributed by atoms with E-state index in [4.69, 9.17) is 26.2 Å². The standard InChI is InChI=1S/C16H9BrN2OS.C8H5NO2.C7H5BrN2S.C2H3O.U/c17-13-4-5-14-12(7-13)8-15(21-14)19-16(20)11-3-1-2-10(6-11)9-18;9-5-6-2-1-3-7(4-6)8(10)11;8-4-1-2-6-5(3-4)10-7(9)11-6;1-2-3;/h1-7H,8H2;1-4H,(H,10,11);1-3H,(H2,9,10);1H3;/q;;;-1;. The molecule has 47 heavy (non-hydrogen) atoms. The summed E-state index contributed by atoms with van der Waals surface area (Å²) in [6, 6.07) is 28.4. The van der Waals surface area contributed by atoms with E-state index in [9.17, 15) is 9.59 Å². The Morgan fingerprint density at radius 2 is 1.51 bits per heavy atom. The molecule has 6 rings (SSSR count). The maximum Gasteiger partial charge on any atom is 0.335 e. The van der Waals surface area contributed by atoms with Gasteiger partial charge >= 0.3 is 5.97 Å². The maximum absolute atomic E-state index is 12.2. The van der Waals surface area contributed by atoms with E-state index in [2.05, 4.69) is 41.8 Å². The SMILES string of the molecule is C[C-]=O.N#Cc1cccc(C(=O)N=C2Cc3cc(Br)ccc3S2)c1.N#Cc1cccc(C(=O)O)c1.Nc1nc2cc(Br)ccc2s1.[U]. The molecule has 1 amide bonds. The fourth-order valence-corrected chi connectivity index (χ4v) is 6.19. The molecule has 234 valence electrons. The molecule has 1 aliphatic rings. The third kappa shape index (κ3) is 12.5. The maximum atomic E-state index is 12.2. The molecule has 0 saturated carbocycles. The van der Waals surface area contributed by atoms with E-state index in [-0.39, 0.29) is 42.6 Å². The number of carboxylic acids is 1. The van der Waals surface area contributed by atoms with Crippen molar-refractivity contribution in [3.8, 4) is 12.1 Å². The Bertz CT molecular complexity index is 2020. The van der Waals surface area contributed by atoms with E-state index < -0.39 is 5.97 Å². The van der Waals surface area contributed by atoms with Gasteiger partial charge in [-0.25, -0.2) is 14.8 Å². The van der Waals surface area contributed by atoms with E-state index in [0.717, 1.165) is 29.1 Å². The van der Waals surface area contributed by atoms with Crippen LogP contribution in [0.15, 0.2) is 104 Å². The number of aromatic nitrogens is 1. The van der Waals surface area contributed by atoms with Crippen LogP contribution in [0.5, 0.6) is 0 Å². The quantitative estimate of drug-likeness (QED) is 0.166. The zero-order chi connectivity index (χ0) is 33.6. The molecule has 14 heteroatoms. The number of aromatic carboxylic acids is 1. The second-order valence-corrected chi connectivity index (χ2v) is 12.9. The summed E-state index contributed by atoms with van der Waals surface area (Å²) in [7, 11) is 0. The molecule has 0 bridgehead atoms. The van der Waals surface area contributed by atoms with Gasteiger partial charge in [0.15, 0.2) is 5.13 Å². The minimum atomic E-state index is -1.01. The van der Waals surface area contributed by atoms with Gasteiger partial charge in [-0.05, 0) is 78.4 Å². The number of carbonyl (C=O) groups excluding carboxylic acids is 2. The number of benzene rings is 4. The molecule has 9 nitrogen and oxygen atoms in total.